The van der Waals surface area contributed by atoms with Crippen molar-refractivity contribution in [2.75, 3.05) is 9.80 Å². The van der Waals surface area contributed by atoms with Crippen LogP contribution in [0.5, 0.6) is 0 Å². The Balaban J connectivity index is 0.954. The van der Waals surface area contributed by atoms with Gasteiger partial charge in [-0.05, 0) is 215 Å². The van der Waals surface area contributed by atoms with E-state index in [1.807, 2.05) is 109 Å². The molecule has 0 N–H and O–H groups in total. The summed E-state index contributed by atoms with van der Waals surface area (Å²) < 4.78 is 163. The average Bonchev–Trinajstić information content (AvgIpc) is 1.60. The van der Waals surface area contributed by atoms with Gasteiger partial charge in [0.2, 0.25) is 0 Å². The second-order valence-electron chi connectivity index (χ2n) is 36.2. The summed E-state index contributed by atoms with van der Waals surface area (Å²) in [6, 6.07) is 78.7. The van der Waals surface area contributed by atoms with E-state index in [9.17, 15) is 19.2 Å². The van der Waals surface area contributed by atoms with Crippen LogP contribution in [0.25, 0.3) is 143 Å². The van der Waals surface area contributed by atoms with Crippen LogP contribution in [0.4, 0.5) is 34.1 Å². The van der Waals surface area contributed by atoms with E-state index in [1.54, 1.807) is 9.13 Å². The minimum atomic E-state index is -0.684. The third-order valence-electron chi connectivity index (χ3n) is 24.8. The molecular weight excluding hydrogens is 1440 g/mol. The molecule has 0 spiro atoms. The molecule has 20 aromatic rings. The molecule has 574 valence electrons. The zero-order chi connectivity index (χ0) is 94.8. The molecule has 2 aliphatic heterocycles. The fraction of sp³-hybridized carbons (Fsp3) is 0.143. The highest BCUT2D eigenvalue weighted by atomic mass is 15.2. The predicted octanol–water partition coefficient (Wildman–Crippen LogP) is 28.3. The lowest BCUT2D eigenvalue weighted by molar-refractivity contribution is 0.569. The summed E-state index contributed by atoms with van der Waals surface area (Å²) in [5.41, 5.74) is 20.6. The number of rotatable bonds is 9. The molecule has 16 aromatic carbocycles. The molecule has 4 aromatic heterocycles. The Labute approximate surface area is 719 Å². The van der Waals surface area contributed by atoms with E-state index in [4.69, 9.17) is 2.74 Å². The number of hydrogen-bond acceptors (Lipinski definition) is 2. The minimum Gasteiger partial charge on any atom is -0.311 e. The Morgan fingerprint density at radius 3 is 1.15 bits per heavy atom. The van der Waals surface area contributed by atoms with Crippen molar-refractivity contribution < 1.29 is 21.9 Å². The summed E-state index contributed by atoms with van der Waals surface area (Å²) in [4.78, 5) is 4.61. The highest BCUT2D eigenvalue weighted by Gasteiger charge is 2.46. The van der Waals surface area contributed by atoms with E-state index in [0.717, 1.165) is 105 Å². The fourth-order valence-electron chi connectivity index (χ4n) is 18.8. The lowest BCUT2D eigenvalue weighted by Crippen LogP contribution is -2.61. The molecule has 6 nitrogen and oxygen atoms in total. The minimum absolute atomic E-state index is 0.0564. The van der Waals surface area contributed by atoms with Gasteiger partial charge in [-0.1, -0.05) is 307 Å². The number of nitrogens with zero attached hydrogens (tertiary/aromatic N) is 6. The summed E-state index contributed by atoms with van der Waals surface area (Å²) in [7, 11) is 0. The fourth-order valence-corrected chi connectivity index (χ4v) is 18.8. The summed E-state index contributed by atoms with van der Waals surface area (Å²) in [5, 5.41) is 3.19. The maximum atomic E-state index is 10.3. The first-order chi connectivity index (χ1) is 64.2. The second kappa shape index (κ2) is 26.4. The van der Waals surface area contributed by atoms with Crippen LogP contribution >= 0.6 is 0 Å². The van der Waals surface area contributed by atoms with Gasteiger partial charge in [-0.15, -0.1) is 0 Å². The van der Waals surface area contributed by atoms with Crippen molar-refractivity contribution in [2.45, 2.75) is 105 Å². The van der Waals surface area contributed by atoms with Gasteiger partial charge >= 0.3 is 0 Å². The lowest BCUT2D eigenvalue weighted by atomic mass is 9.33. The smallest absolute Gasteiger partial charge is 0.252 e. The van der Waals surface area contributed by atoms with E-state index in [-0.39, 0.29) is 71.0 Å². The van der Waals surface area contributed by atoms with Gasteiger partial charge in [-0.3, -0.25) is 0 Å². The maximum Gasteiger partial charge on any atom is 0.252 e. The number of para-hydroxylation sites is 7. The first kappa shape index (κ1) is 56.6. The van der Waals surface area contributed by atoms with Crippen molar-refractivity contribution in [1.82, 2.24) is 18.3 Å². The Morgan fingerprint density at radius 2 is 0.647 bits per heavy atom. The number of benzene rings is 16. The molecule has 0 fully saturated rings. The second-order valence-corrected chi connectivity index (χ2v) is 36.2. The summed E-state index contributed by atoms with van der Waals surface area (Å²) in [5.74, 6) is 0. The molecule has 0 amide bonds. The van der Waals surface area contributed by atoms with Crippen LogP contribution in [0.1, 0.15) is 127 Å². The van der Waals surface area contributed by atoms with Gasteiger partial charge in [0, 0.05) is 82.9 Å². The summed E-state index contributed by atoms with van der Waals surface area (Å²) >= 11 is 0. The van der Waals surface area contributed by atoms with Gasteiger partial charge in [0.1, 0.15) is 0 Å². The predicted molar refractivity (Wildman–Crippen MR) is 509 cm³/mol. The highest BCUT2D eigenvalue weighted by molar-refractivity contribution is 7.00. The molecule has 0 aliphatic carbocycles. The van der Waals surface area contributed by atoms with Gasteiger partial charge in [-0.2, -0.15) is 0 Å². The van der Waals surface area contributed by atoms with E-state index >= 15 is 0 Å². The van der Waals surface area contributed by atoms with Crippen LogP contribution < -0.4 is 26.2 Å². The molecule has 22 rings (SSSR count). The summed E-state index contributed by atoms with van der Waals surface area (Å²) in [6.45, 7) is 26.1. The molecule has 6 heterocycles. The molecule has 0 unspecified atom stereocenters. The molecule has 7 heteroatoms. The van der Waals surface area contributed by atoms with E-state index in [1.165, 1.54) is 11.1 Å². The number of hydrogen-bond donors (Lipinski definition) is 0. The monoisotopic (exact) mass is 1550 g/mol. The van der Waals surface area contributed by atoms with Crippen LogP contribution in [0, 0.1) is 0 Å². The topological polar surface area (TPSA) is 26.2 Å². The first-order valence-corrected chi connectivity index (χ1v) is 40.9. The van der Waals surface area contributed by atoms with Crippen molar-refractivity contribution in [3.05, 3.63) is 368 Å². The zero-order valence-electron chi connectivity index (χ0n) is 84.4. The van der Waals surface area contributed by atoms with Gasteiger partial charge in [0.15, 0.2) is 0 Å². The highest BCUT2D eigenvalue weighted by Crippen LogP contribution is 2.53. The van der Waals surface area contributed by atoms with Crippen molar-refractivity contribution in [1.29, 1.82) is 0 Å². The third kappa shape index (κ3) is 11.4. The van der Waals surface area contributed by atoms with Crippen LogP contribution in [-0.2, 0) is 21.7 Å². The SMILES string of the molecule is [2H]c1c([2H])c([2H])c2c(c1[2H])c1c([2H])c([2H])c([2H])c([2H])c1n2-c1cc2c3c(c1)N(c1cccc4c5cccc(-n6c7c([2H])c([2H])c([2H])c([2H])c7c7c([2H])c([2H])c([2H])c([2H])c76)c5n(-c5ccccc5)c14)c1cc(-c4cc(C(C)(C)C)cc(C(C)(C)C)c4)ccc1B3c1ccc(-n3c4ccc(C(C)(C)C)cc4c4cc(C(C)(C)C)ccc43)cc1N2c1cc(-c2ccccc2)cc(-c2ccccc2)c1. The Bertz CT molecular complexity index is 8310. The van der Waals surface area contributed by atoms with Crippen molar-refractivity contribution in [3.63, 3.8) is 0 Å². The molecule has 0 saturated heterocycles. The molecular formula is C112H93BN6. The zero-order valence-corrected chi connectivity index (χ0v) is 68.4. The van der Waals surface area contributed by atoms with Crippen LogP contribution in [0.2, 0.25) is 0 Å². The largest absolute Gasteiger partial charge is 0.311 e. The lowest BCUT2D eigenvalue weighted by Gasteiger charge is -2.45. The Hall–Kier alpha value is -13.6. The Morgan fingerprint density at radius 1 is 0.227 bits per heavy atom. The van der Waals surface area contributed by atoms with Gasteiger partial charge in [-0.25, -0.2) is 0 Å². The number of anilines is 6. The first-order valence-electron chi connectivity index (χ1n) is 48.9. The standard InChI is InChI=1S/C112H93BN6/c1-109(2,3)76-51-56-98-90(65-76)91-66-77(110(4,5)6)52-57-99(91)114(98)81-53-55-93-103(67-81)116(82-61-73(70-32-16-13-17-33-70)58-74(62-82)71-34-18-14-19-35-71)104-68-83(115-94-44-26-22-38-84(94)85-39-23-27-45-95(85)115)69-105-106(104)113(93)92-54-50-72(75-59-78(111(7,8)9)64-79(60-75)112(10,11)12)63-102(92)119(105)101-49-31-43-89-88-42-30-48-100(107(88)117(108(89)101)80-36-20-15-21-37-80)118-96-46-28-24-40-86(96)87-41-25-29-47-97(87)118/h13-69H,1-12H3/i22D,23D,24D,25D,26D,27D,28D,29D,38D,39D,40D,41D,44D,45D,46D,47D. The molecule has 2 aliphatic rings. The van der Waals surface area contributed by atoms with E-state index < -0.39 is 103 Å². The third-order valence-corrected chi connectivity index (χ3v) is 24.8. The van der Waals surface area contributed by atoms with Crippen molar-refractivity contribution in [2.24, 2.45) is 0 Å². The molecule has 119 heavy (non-hydrogen) atoms. The van der Waals surface area contributed by atoms with Crippen LogP contribution in [-0.4, -0.2) is 25.0 Å². The van der Waals surface area contributed by atoms with Crippen molar-refractivity contribution in [3.8, 4) is 56.1 Å². The van der Waals surface area contributed by atoms with Crippen molar-refractivity contribution >= 4 is 144 Å². The normalized spacial score (nSPS) is 15.0. The van der Waals surface area contributed by atoms with Crippen LogP contribution in [0.15, 0.2) is 345 Å². The number of fused-ring (bicyclic) bond motifs is 16. The van der Waals surface area contributed by atoms with Gasteiger partial charge < -0.3 is 28.1 Å². The van der Waals surface area contributed by atoms with Gasteiger partial charge in [0.25, 0.3) is 6.71 Å². The van der Waals surface area contributed by atoms with E-state index in [2.05, 4.69) is 242 Å². The maximum absolute atomic E-state index is 10.3. The van der Waals surface area contributed by atoms with Gasteiger partial charge in [0.05, 0.1) is 83.1 Å². The Kier molecular flexibility index (Phi) is 12.6. The van der Waals surface area contributed by atoms with E-state index in [0.29, 0.717) is 50.2 Å². The molecule has 0 atom stereocenters. The summed E-state index contributed by atoms with van der Waals surface area (Å²) in [6.07, 6.45) is 0. The quantitative estimate of drug-likeness (QED) is 0.135. The van der Waals surface area contributed by atoms with Crippen LogP contribution in [0.3, 0.4) is 0 Å². The average molecular weight is 1550 g/mol. The molecule has 0 saturated carbocycles. The number of aromatic nitrogens is 4. The molecule has 0 radical (unpaired) electrons. The molecule has 0 bridgehead atoms.